The van der Waals surface area contributed by atoms with Gasteiger partial charge in [0.15, 0.2) is 5.78 Å². The minimum Gasteiger partial charge on any atom is -0.465 e. The number of hydrogen-bond acceptors (Lipinski definition) is 4. The highest BCUT2D eigenvalue weighted by molar-refractivity contribution is 6.02. The fraction of sp³-hybridized carbons (Fsp3) is 0.381. The van der Waals surface area contributed by atoms with Crippen LogP contribution in [0, 0.1) is 6.92 Å². The number of nitrogens with one attached hydrogen (secondary N) is 2. The minimum absolute atomic E-state index is 0.0558. The number of aromatic nitrogens is 1. The summed E-state index contributed by atoms with van der Waals surface area (Å²) in [6.07, 6.45) is 1.54. The van der Waals surface area contributed by atoms with E-state index < -0.39 is 5.97 Å². The molecule has 0 aliphatic heterocycles. The molecule has 0 aliphatic rings. The average molecular weight is 370 g/mol. The summed E-state index contributed by atoms with van der Waals surface area (Å²) in [5.41, 5.74) is 4.39. The Labute approximate surface area is 159 Å². The molecular formula is C21H26N2O4. The van der Waals surface area contributed by atoms with E-state index in [4.69, 9.17) is 4.74 Å². The molecule has 0 fully saturated rings. The Balaban J connectivity index is 2.35. The van der Waals surface area contributed by atoms with Crippen molar-refractivity contribution >= 4 is 23.3 Å². The number of anilines is 1. The van der Waals surface area contributed by atoms with E-state index in [9.17, 15) is 14.4 Å². The molecule has 0 unspecified atom stereocenters. The van der Waals surface area contributed by atoms with E-state index in [1.807, 2.05) is 32.0 Å². The topological polar surface area (TPSA) is 88.3 Å². The van der Waals surface area contributed by atoms with Gasteiger partial charge in [-0.1, -0.05) is 32.0 Å². The van der Waals surface area contributed by atoms with E-state index in [-0.39, 0.29) is 23.7 Å². The van der Waals surface area contributed by atoms with Gasteiger partial charge in [0.1, 0.15) is 0 Å². The van der Waals surface area contributed by atoms with Crippen LogP contribution >= 0.6 is 0 Å². The first-order chi connectivity index (χ1) is 12.8. The molecule has 0 aliphatic carbocycles. The number of Topliss-reactive ketones (excluding diaryl/α,β-unsaturated/α-hetero) is 1. The molecule has 1 aromatic carbocycles. The maximum absolute atomic E-state index is 12.7. The molecule has 1 amide bonds. The lowest BCUT2D eigenvalue weighted by Crippen LogP contribution is -2.19. The van der Waals surface area contributed by atoms with Crippen LogP contribution in [-0.4, -0.2) is 29.8 Å². The first kappa shape index (κ1) is 20.4. The van der Waals surface area contributed by atoms with E-state index in [2.05, 4.69) is 10.3 Å². The van der Waals surface area contributed by atoms with Crippen LogP contribution in [0.3, 0.4) is 0 Å². The summed E-state index contributed by atoms with van der Waals surface area (Å²) in [4.78, 5) is 39.6. The van der Waals surface area contributed by atoms with Gasteiger partial charge in [-0.2, -0.15) is 0 Å². The number of aromatic amines is 1. The van der Waals surface area contributed by atoms with E-state index in [1.54, 1.807) is 6.92 Å². The Bertz CT molecular complexity index is 858. The number of benzene rings is 1. The summed E-state index contributed by atoms with van der Waals surface area (Å²) in [5.74, 6) is -1.02. The third kappa shape index (κ3) is 4.27. The van der Waals surface area contributed by atoms with Crippen molar-refractivity contribution < 1.29 is 19.1 Å². The Morgan fingerprint density at radius 2 is 1.70 bits per heavy atom. The van der Waals surface area contributed by atoms with Crippen molar-refractivity contribution in [3.05, 3.63) is 51.8 Å². The van der Waals surface area contributed by atoms with Crippen LogP contribution in [-0.2, 0) is 28.8 Å². The van der Waals surface area contributed by atoms with Crippen LogP contribution in [0.15, 0.2) is 18.2 Å². The van der Waals surface area contributed by atoms with Crippen molar-refractivity contribution in [1.82, 2.24) is 4.98 Å². The summed E-state index contributed by atoms with van der Waals surface area (Å²) < 4.78 is 4.82. The quantitative estimate of drug-likeness (QED) is 0.575. The Hall–Kier alpha value is -2.89. The summed E-state index contributed by atoms with van der Waals surface area (Å²) in [7, 11) is 1.27. The van der Waals surface area contributed by atoms with Crippen molar-refractivity contribution in [2.24, 2.45) is 0 Å². The van der Waals surface area contributed by atoms with Gasteiger partial charge in [0.25, 0.3) is 0 Å². The molecule has 2 aromatic rings. The number of rotatable bonds is 7. The third-order valence-electron chi connectivity index (χ3n) is 4.67. The predicted molar refractivity (Wildman–Crippen MR) is 104 cm³/mol. The molecule has 0 bridgehead atoms. The number of aryl methyl sites for hydroxylation is 2. The molecule has 144 valence electrons. The van der Waals surface area contributed by atoms with Crippen LogP contribution in [0.5, 0.6) is 0 Å². The second kappa shape index (κ2) is 8.66. The third-order valence-corrected chi connectivity index (χ3v) is 4.67. The molecule has 27 heavy (non-hydrogen) atoms. The smallest absolute Gasteiger partial charge is 0.339 e. The van der Waals surface area contributed by atoms with Gasteiger partial charge in [0.05, 0.1) is 24.8 Å². The molecule has 0 spiro atoms. The second-order valence-electron chi connectivity index (χ2n) is 6.41. The molecule has 0 saturated heterocycles. The fourth-order valence-corrected chi connectivity index (χ4v) is 3.27. The van der Waals surface area contributed by atoms with Gasteiger partial charge < -0.3 is 15.0 Å². The van der Waals surface area contributed by atoms with Crippen molar-refractivity contribution in [3.63, 3.8) is 0 Å². The summed E-state index contributed by atoms with van der Waals surface area (Å²) in [5, 5.41) is 2.98. The highest BCUT2D eigenvalue weighted by atomic mass is 16.5. The normalized spacial score (nSPS) is 10.6. The van der Waals surface area contributed by atoms with Crippen molar-refractivity contribution in [2.75, 3.05) is 12.4 Å². The maximum atomic E-state index is 12.7. The van der Waals surface area contributed by atoms with Crippen LogP contribution in [0.4, 0.5) is 5.69 Å². The van der Waals surface area contributed by atoms with Crippen molar-refractivity contribution in [2.45, 2.75) is 47.0 Å². The Morgan fingerprint density at radius 3 is 2.19 bits per heavy atom. The van der Waals surface area contributed by atoms with Gasteiger partial charge in [-0.3, -0.25) is 9.59 Å². The summed E-state index contributed by atoms with van der Waals surface area (Å²) in [6.45, 7) is 7.15. The SMILES string of the molecule is CCc1cccc(CC)c1NC(=O)Cc1[nH]c(C(C)=O)c(C)c1C(=O)OC. The summed E-state index contributed by atoms with van der Waals surface area (Å²) in [6, 6.07) is 5.96. The van der Waals surface area contributed by atoms with Gasteiger partial charge in [0.2, 0.25) is 5.91 Å². The number of para-hydroxylation sites is 1. The number of ether oxygens (including phenoxy) is 1. The van der Waals surface area contributed by atoms with Gasteiger partial charge >= 0.3 is 5.97 Å². The molecule has 6 heteroatoms. The van der Waals surface area contributed by atoms with Crippen LogP contribution < -0.4 is 5.32 Å². The maximum Gasteiger partial charge on any atom is 0.339 e. The van der Waals surface area contributed by atoms with Crippen LogP contribution in [0.2, 0.25) is 0 Å². The van der Waals surface area contributed by atoms with Crippen molar-refractivity contribution in [1.29, 1.82) is 0 Å². The van der Waals surface area contributed by atoms with E-state index in [0.717, 1.165) is 29.7 Å². The van der Waals surface area contributed by atoms with E-state index in [1.165, 1.54) is 14.0 Å². The molecule has 1 heterocycles. The zero-order valence-corrected chi connectivity index (χ0v) is 16.5. The second-order valence-corrected chi connectivity index (χ2v) is 6.41. The number of carbonyl (C=O) groups is 3. The number of methoxy groups -OCH3 is 1. The number of hydrogen-bond donors (Lipinski definition) is 2. The zero-order chi connectivity index (χ0) is 20.1. The molecule has 2 rings (SSSR count). The lowest BCUT2D eigenvalue weighted by molar-refractivity contribution is -0.115. The molecule has 1 aromatic heterocycles. The molecular weight excluding hydrogens is 344 g/mol. The molecule has 0 radical (unpaired) electrons. The van der Waals surface area contributed by atoms with E-state index in [0.29, 0.717) is 17.0 Å². The number of carbonyl (C=O) groups excluding carboxylic acids is 3. The van der Waals surface area contributed by atoms with Crippen LogP contribution in [0.25, 0.3) is 0 Å². The lowest BCUT2D eigenvalue weighted by atomic mass is 10.0. The highest BCUT2D eigenvalue weighted by Gasteiger charge is 2.24. The molecule has 6 nitrogen and oxygen atoms in total. The Kier molecular flexibility index (Phi) is 6.55. The average Bonchev–Trinajstić information content (AvgIpc) is 2.97. The number of esters is 1. The fourth-order valence-electron chi connectivity index (χ4n) is 3.27. The number of amides is 1. The summed E-state index contributed by atoms with van der Waals surface area (Å²) >= 11 is 0. The first-order valence-electron chi connectivity index (χ1n) is 9.05. The van der Waals surface area contributed by atoms with Gasteiger partial charge in [-0.05, 0) is 36.5 Å². The lowest BCUT2D eigenvalue weighted by Gasteiger charge is -2.14. The number of ketones is 1. The standard InChI is InChI=1S/C21H26N2O4/c1-6-14-9-8-10-15(7-2)20(14)23-17(25)11-16-18(21(26)27-5)12(3)19(22-16)13(4)24/h8-10,22H,6-7,11H2,1-5H3,(H,23,25). The van der Waals surface area contributed by atoms with Crippen molar-refractivity contribution in [3.8, 4) is 0 Å². The van der Waals surface area contributed by atoms with Gasteiger partial charge in [-0.15, -0.1) is 0 Å². The minimum atomic E-state index is -0.567. The Morgan fingerprint density at radius 1 is 1.11 bits per heavy atom. The monoisotopic (exact) mass is 370 g/mol. The highest BCUT2D eigenvalue weighted by Crippen LogP contribution is 2.24. The molecule has 2 N–H and O–H groups in total. The van der Waals surface area contributed by atoms with Crippen LogP contribution in [0.1, 0.15) is 64.0 Å². The largest absolute Gasteiger partial charge is 0.465 e. The number of H-pyrrole nitrogens is 1. The zero-order valence-electron chi connectivity index (χ0n) is 16.5. The predicted octanol–water partition coefficient (Wildman–Crippen LogP) is 3.62. The molecule has 0 atom stereocenters. The van der Waals surface area contributed by atoms with Gasteiger partial charge in [0, 0.05) is 18.3 Å². The van der Waals surface area contributed by atoms with E-state index >= 15 is 0 Å². The molecule has 0 saturated carbocycles. The van der Waals surface area contributed by atoms with Gasteiger partial charge in [-0.25, -0.2) is 4.79 Å². The first-order valence-corrected chi connectivity index (χ1v) is 9.05.